The number of ketones is 1. The third-order valence-electron chi connectivity index (χ3n) is 4.35. The molecule has 0 radical (unpaired) electrons. The molecular formula is C15H26N2O2. The largest absolute Gasteiger partial charge is 0.342 e. The number of carbonyl (C=O) groups excluding carboxylic acids is 2. The molecule has 0 bridgehead atoms. The summed E-state index contributed by atoms with van der Waals surface area (Å²) >= 11 is 0. The Kier molecular flexibility index (Phi) is 4.97. The topological polar surface area (TPSA) is 40.6 Å². The predicted octanol–water partition coefficient (Wildman–Crippen LogP) is 1.83. The molecule has 2 fully saturated rings. The van der Waals surface area contributed by atoms with Crippen LogP contribution in [0.15, 0.2) is 0 Å². The first kappa shape index (κ1) is 14.5. The van der Waals surface area contributed by atoms with Crippen LogP contribution in [-0.4, -0.2) is 53.7 Å². The lowest BCUT2D eigenvalue weighted by atomic mass is 10.0. The number of hydrogen-bond acceptors (Lipinski definition) is 3. The molecule has 1 saturated heterocycles. The van der Waals surface area contributed by atoms with Crippen LogP contribution in [0.4, 0.5) is 0 Å². The summed E-state index contributed by atoms with van der Waals surface area (Å²) in [6.07, 6.45) is 7.51. The van der Waals surface area contributed by atoms with Gasteiger partial charge in [0.2, 0.25) is 5.91 Å². The fourth-order valence-electron chi connectivity index (χ4n) is 2.96. The lowest BCUT2D eigenvalue weighted by Crippen LogP contribution is -2.44. The molecule has 2 aliphatic rings. The van der Waals surface area contributed by atoms with Crippen LogP contribution in [0.5, 0.6) is 0 Å². The Morgan fingerprint density at radius 1 is 1.16 bits per heavy atom. The van der Waals surface area contributed by atoms with E-state index in [1.165, 1.54) is 12.8 Å². The molecule has 4 heteroatoms. The van der Waals surface area contributed by atoms with Gasteiger partial charge in [-0.05, 0) is 39.2 Å². The minimum atomic E-state index is 0.220. The summed E-state index contributed by atoms with van der Waals surface area (Å²) in [7, 11) is 1.91. The van der Waals surface area contributed by atoms with Crippen LogP contribution in [0.3, 0.4) is 0 Å². The summed E-state index contributed by atoms with van der Waals surface area (Å²) < 4.78 is 0. The molecule has 1 aliphatic carbocycles. The predicted molar refractivity (Wildman–Crippen MR) is 74.9 cm³/mol. The average molecular weight is 266 g/mol. The number of rotatable bonds is 5. The smallest absolute Gasteiger partial charge is 0.236 e. The zero-order chi connectivity index (χ0) is 13.8. The van der Waals surface area contributed by atoms with Gasteiger partial charge in [0.1, 0.15) is 5.78 Å². The molecule has 4 nitrogen and oxygen atoms in total. The number of likely N-dealkylation sites (tertiary alicyclic amines) is 1. The molecule has 0 N–H and O–H groups in total. The van der Waals surface area contributed by atoms with Gasteiger partial charge in [0.15, 0.2) is 0 Å². The highest BCUT2D eigenvalue weighted by Crippen LogP contribution is 2.26. The SMILES string of the molecule is CC(=O)CC1CCCCCN1CC(=O)N(C)C1CC1. The van der Waals surface area contributed by atoms with Gasteiger partial charge in [-0.2, -0.15) is 0 Å². The van der Waals surface area contributed by atoms with E-state index in [1.807, 2.05) is 11.9 Å². The van der Waals surface area contributed by atoms with Crippen LogP contribution in [-0.2, 0) is 9.59 Å². The van der Waals surface area contributed by atoms with E-state index in [-0.39, 0.29) is 17.7 Å². The minimum Gasteiger partial charge on any atom is -0.342 e. The van der Waals surface area contributed by atoms with Crippen molar-refractivity contribution in [1.82, 2.24) is 9.80 Å². The highest BCUT2D eigenvalue weighted by atomic mass is 16.2. The van der Waals surface area contributed by atoms with Gasteiger partial charge in [0.05, 0.1) is 6.54 Å². The van der Waals surface area contributed by atoms with Crippen LogP contribution < -0.4 is 0 Å². The Bertz CT molecular complexity index is 339. The maximum absolute atomic E-state index is 12.2. The molecule has 0 spiro atoms. The van der Waals surface area contributed by atoms with Gasteiger partial charge < -0.3 is 4.90 Å². The first-order valence-electron chi connectivity index (χ1n) is 7.57. The molecule has 0 aromatic rings. The second kappa shape index (κ2) is 6.51. The normalized spacial score (nSPS) is 24.8. The summed E-state index contributed by atoms with van der Waals surface area (Å²) in [6, 6.07) is 0.752. The Morgan fingerprint density at radius 2 is 1.89 bits per heavy atom. The average Bonchev–Trinajstić information content (AvgIpc) is 3.17. The molecule has 2 rings (SSSR count). The molecule has 1 aliphatic heterocycles. The van der Waals surface area contributed by atoms with Crippen molar-refractivity contribution in [3.63, 3.8) is 0 Å². The van der Waals surface area contributed by atoms with Crippen LogP contribution in [0, 0.1) is 0 Å². The molecule has 108 valence electrons. The highest BCUT2D eigenvalue weighted by Gasteiger charge is 2.31. The minimum absolute atomic E-state index is 0.220. The Morgan fingerprint density at radius 3 is 2.53 bits per heavy atom. The summed E-state index contributed by atoms with van der Waals surface area (Å²) in [5.74, 6) is 0.456. The Labute approximate surface area is 116 Å². The number of Topliss-reactive ketones (excluding diaryl/α,β-unsaturated/α-hetero) is 1. The van der Waals surface area contributed by atoms with Gasteiger partial charge in [-0.3, -0.25) is 14.5 Å². The highest BCUT2D eigenvalue weighted by molar-refractivity contribution is 5.79. The van der Waals surface area contributed by atoms with Crippen LogP contribution >= 0.6 is 0 Å². The fraction of sp³-hybridized carbons (Fsp3) is 0.867. The quantitative estimate of drug-likeness (QED) is 0.762. The van der Waals surface area contributed by atoms with Crippen molar-refractivity contribution in [2.75, 3.05) is 20.1 Å². The van der Waals surface area contributed by atoms with E-state index in [4.69, 9.17) is 0 Å². The van der Waals surface area contributed by atoms with Gasteiger partial charge in [-0.15, -0.1) is 0 Å². The molecule has 1 saturated carbocycles. The van der Waals surface area contributed by atoms with Crippen molar-refractivity contribution in [3.8, 4) is 0 Å². The van der Waals surface area contributed by atoms with E-state index >= 15 is 0 Å². The number of likely N-dealkylation sites (N-methyl/N-ethyl adjacent to an activating group) is 1. The van der Waals surface area contributed by atoms with Gasteiger partial charge in [0.25, 0.3) is 0 Å². The molecule has 1 heterocycles. The monoisotopic (exact) mass is 266 g/mol. The lowest BCUT2D eigenvalue weighted by Gasteiger charge is -2.30. The molecule has 1 atom stereocenters. The number of nitrogens with zero attached hydrogens (tertiary/aromatic N) is 2. The van der Waals surface area contributed by atoms with E-state index in [2.05, 4.69) is 4.90 Å². The van der Waals surface area contributed by atoms with Crippen LogP contribution in [0.1, 0.15) is 51.9 Å². The number of amides is 1. The molecular weight excluding hydrogens is 240 g/mol. The van der Waals surface area contributed by atoms with Crippen molar-refractivity contribution in [2.24, 2.45) is 0 Å². The van der Waals surface area contributed by atoms with Crippen LogP contribution in [0.25, 0.3) is 0 Å². The molecule has 0 aromatic heterocycles. The summed E-state index contributed by atoms with van der Waals surface area (Å²) in [6.45, 7) is 3.11. The summed E-state index contributed by atoms with van der Waals surface area (Å²) in [5, 5.41) is 0. The van der Waals surface area contributed by atoms with Crippen molar-refractivity contribution in [1.29, 1.82) is 0 Å². The first-order chi connectivity index (χ1) is 9.08. The fourth-order valence-corrected chi connectivity index (χ4v) is 2.96. The summed E-state index contributed by atoms with van der Waals surface area (Å²) in [4.78, 5) is 27.8. The third-order valence-corrected chi connectivity index (χ3v) is 4.35. The maximum Gasteiger partial charge on any atom is 0.236 e. The Hall–Kier alpha value is -0.900. The van der Waals surface area contributed by atoms with Crippen molar-refractivity contribution in [2.45, 2.75) is 64.0 Å². The number of hydrogen-bond donors (Lipinski definition) is 0. The molecule has 1 unspecified atom stereocenters. The zero-order valence-corrected chi connectivity index (χ0v) is 12.2. The van der Waals surface area contributed by atoms with E-state index in [0.29, 0.717) is 19.0 Å². The molecule has 0 aromatic carbocycles. The van der Waals surface area contributed by atoms with Gasteiger partial charge in [0, 0.05) is 25.6 Å². The third kappa shape index (κ3) is 4.30. The maximum atomic E-state index is 12.2. The van der Waals surface area contributed by atoms with E-state index in [1.54, 1.807) is 6.92 Å². The molecule has 19 heavy (non-hydrogen) atoms. The summed E-state index contributed by atoms with van der Waals surface area (Å²) in [5.41, 5.74) is 0. The zero-order valence-electron chi connectivity index (χ0n) is 12.2. The standard InChI is InChI=1S/C15H26N2O2/c1-12(18)10-14-6-4-3-5-9-17(14)11-15(19)16(2)13-7-8-13/h13-14H,3-11H2,1-2H3. The van der Waals surface area contributed by atoms with Crippen molar-refractivity contribution < 1.29 is 9.59 Å². The van der Waals surface area contributed by atoms with Gasteiger partial charge in [-0.1, -0.05) is 12.8 Å². The van der Waals surface area contributed by atoms with E-state index in [0.717, 1.165) is 32.2 Å². The lowest BCUT2D eigenvalue weighted by molar-refractivity contribution is -0.132. The van der Waals surface area contributed by atoms with E-state index in [9.17, 15) is 9.59 Å². The van der Waals surface area contributed by atoms with Crippen molar-refractivity contribution >= 4 is 11.7 Å². The van der Waals surface area contributed by atoms with Crippen LogP contribution in [0.2, 0.25) is 0 Å². The second-order valence-corrected chi connectivity index (χ2v) is 6.12. The second-order valence-electron chi connectivity index (χ2n) is 6.12. The first-order valence-corrected chi connectivity index (χ1v) is 7.57. The van der Waals surface area contributed by atoms with Crippen molar-refractivity contribution in [3.05, 3.63) is 0 Å². The van der Waals surface area contributed by atoms with Gasteiger partial charge >= 0.3 is 0 Å². The van der Waals surface area contributed by atoms with Gasteiger partial charge in [-0.25, -0.2) is 0 Å². The molecule has 1 amide bonds. The van der Waals surface area contributed by atoms with E-state index < -0.39 is 0 Å². The Balaban J connectivity index is 1.92. The number of carbonyl (C=O) groups is 2.